The molecule has 1 aliphatic rings. The predicted molar refractivity (Wildman–Crippen MR) is 93.1 cm³/mol. The van der Waals surface area contributed by atoms with Gasteiger partial charge in [0.05, 0.1) is 5.92 Å². The van der Waals surface area contributed by atoms with E-state index in [1.807, 2.05) is 24.5 Å². The average molecular weight is 323 g/mol. The van der Waals surface area contributed by atoms with E-state index in [1.54, 1.807) is 18.8 Å². The molecule has 1 fully saturated rings. The molecular formula is C15H21N3OS2. The summed E-state index contributed by atoms with van der Waals surface area (Å²) in [7, 11) is 1.69. The maximum atomic E-state index is 11.9. The fourth-order valence-electron chi connectivity index (χ4n) is 2.81. The number of carbonyl (C=O) groups is 1. The molecular weight excluding hydrogens is 302 g/mol. The van der Waals surface area contributed by atoms with Gasteiger partial charge in [0.15, 0.2) is 0 Å². The summed E-state index contributed by atoms with van der Waals surface area (Å²) in [6.07, 6.45) is 3.95. The van der Waals surface area contributed by atoms with Crippen LogP contribution >= 0.6 is 24.0 Å². The van der Waals surface area contributed by atoms with Crippen LogP contribution in [0.15, 0.2) is 23.1 Å². The number of piperidine rings is 1. The molecule has 0 aliphatic carbocycles. The summed E-state index contributed by atoms with van der Waals surface area (Å²) in [6.45, 7) is 1.65. The van der Waals surface area contributed by atoms with Crippen LogP contribution in [0.4, 0.5) is 5.69 Å². The second-order valence-electron chi connectivity index (χ2n) is 5.12. The van der Waals surface area contributed by atoms with Crippen LogP contribution < -0.4 is 16.0 Å². The number of thioether (sulfide) groups is 1. The lowest BCUT2D eigenvalue weighted by atomic mass is 9.96. The number of benzene rings is 1. The van der Waals surface area contributed by atoms with Crippen LogP contribution in [0.5, 0.6) is 0 Å². The first kappa shape index (κ1) is 16.1. The van der Waals surface area contributed by atoms with E-state index in [2.05, 4.69) is 10.2 Å². The minimum absolute atomic E-state index is 0.0286. The summed E-state index contributed by atoms with van der Waals surface area (Å²) in [6, 6.07) is 6.09. The number of amides is 1. The number of nitrogens with two attached hydrogens (primary N) is 1. The number of nitrogens with one attached hydrogen (secondary N) is 1. The molecule has 0 aromatic heterocycles. The summed E-state index contributed by atoms with van der Waals surface area (Å²) in [5.41, 5.74) is 7.90. The summed E-state index contributed by atoms with van der Waals surface area (Å²) in [5, 5.41) is 2.75. The quantitative estimate of drug-likeness (QED) is 0.656. The fraction of sp³-hybridized carbons (Fsp3) is 0.467. The van der Waals surface area contributed by atoms with E-state index in [4.69, 9.17) is 18.0 Å². The molecule has 1 unspecified atom stereocenters. The first-order valence-corrected chi connectivity index (χ1v) is 8.65. The van der Waals surface area contributed by atoms with Crippen molar-refractivity contribution in [2.24, 2.45) is 11.7 Å². The van der Waals surface area contributed by atoms with E-state index in [0.717, 1.165) is 35.5 Å². The maximum Gasteiger partial charge on any atom is 0.224 e. The number of hydrogen-bond acceptors (Lipinski definition) is 4. The average Bonchev–Trinajstić information content (AvgIpc) is 2.53. The van der Waals surface area contributed by atoms with Gasteiger partial charge in [-0.15, -0.1) is 11.8 Å². The third kappa shape index (κ3) is 3.49. The minimum Gasteiger partial charge on any atom is -0.389 e. The second-order valence-corrected chi connectivity index (χ2v) is 6.41. The van der Waals surface area contributed by atoms with E-state index < -0.39 is 0 Å². The van der Waals surface area contributed by atoms with Gasteiger partial charge in [-0.05, 0) is 31.2 Å². The molecule has 0 spiro atoms. The normalized spacial score (nSPS) is 18.4. The van der Waals surface area contributed by atoms with Crippen molar-refractivity contribution in [3.8, 4) is 0 Å². The Morgan fingerprint density at radius 2 is 2.29 bits per heavy atom. The van der Waals surface area contributed by atoms with Crippen LogP contribution in [0.3, 0.4) is 0 Å². The van der Waals surface area contributed by atoms with Crippen LogP contribution in [0.1, 0.15) is 18.4 Å². The Bertz CT molecular complexity index is 548. The van der Waals surface area contributed by atoms with Crippen molar-refractivity contribution in [3.63, 3.8) is 0 Å². The molecule has 1 aliphatic heterocycles. The first-order chi connectivity index (χ1) is 10.1. The van der Waals surface area contributed by atoms with Crippen molar-refractivity contribution in [2.45, 2.75) is 17.7 Å². The van der Waals surface area contributed by atoms with Crippen molar-refractivity contribution >= 4 is 40.6 Å². The largest absolute Gasteiger partial charge is 0.389 e. The Balaban J connectivity index is 2.33. The van der Waals surface area contributed by atoms with Crippen LogP contribution in [0.2, 0.25) is 0 Å². The van der Waals surface area contributed by atoms with Gasteiger partial charge in [-0.3, -0.25) is 4.79 Å². The predicted octanol–water partition coefficient (Wildman–Crippen LogP) is 2.01. The van der Waals surface area contributed by atoms with Gasteiger partial charge in [-0.1, -0.05) is 18.3 Å². The van der Waals surface area contributed by atoms with E-state index in [1.165, 1.54) is 0 Å². The van der Waals surface area contributed by atoms with E-state index in [0.29, 0.717) is 11.5 Å². The van der Waals surface area contributed by atoms with Crippen molar-refractivity contribution < 1.29 is 4.79 Å². The monoisotopic (exact) mass is 323 g/mol. The first-order valence-electron chi connectivity index (χ1n) is 7.01. The molecule has 1 heterocycles. The second kappa shape index (κ2) is 7.13. The molecule has 2 rings (SSSR count). The van der Waals surface area contributed by atoms with Gasteiger partial charge in [-0.2, -0.15) is 0 Å². The molecule has 3 N–H and O–H groups in total. The maximum absolute atomic E-state index is 11.9. The molecule has 4 nitrogen and oxygen atoms in total. The van der Waals surface area contributed by atoms with Crippen LogP contribution in [0, 0.1) is 5.92 Å². The number of hydrogen-bond donors (Lipinski definition) is 2. The molecule has 1 amide bonds. The number of rotatable bonds is 4. The molecule has 21 heavy (non-hydrogen) atoms. The number of nitrogens with zero attached hydrogens (tertiary/aromatic N) is 1. The summed E-state index contributed by atoms with van der Waals surface area (Å²) < 4.78 is 0. The zero-order valence-corrected chi connectivity index (χ0v) is 14.0. The molecule has 0 radical (unpaired) electrons. The minimum atomic E-state index is 0.0286. The number of thiocarbonyl (C=S) groups is 1. The van der Waals surface area contributed by atoms with Crippen LogP contribution in [-0.2, 0) is 4.79 Å². The summed E-state index contributed by atoms with van der Waals surface area (Å²) in [4.78, 5) is 15.6. The summed E-state index contributed by atoms with van der Waals surface area (Å²) >= 11 is 6.88. The highest BCUT2D eigenvalue weighted by molar-refractivity contribution is 7.98. The zero-order chi connectivity index (χ0) is 15.4. The van der Waals surface area contributed by atoms with Crippen LogP contribution in [0.25, 0.3) is 0 Å². The topological polar surface area (TPSA) is 58.4 Å². The van der Waals surface area contributed by atoms with Crippen LogP contribution in [-0.4, -0.2) is 37.3 Å². The lowest BCUT2D eigenvalue weighted by Gasteiger charge is -2.35. The lowest BCUT2D eigenvalue weighted by molar-refractivity contribution is -0.124. The lowest BCUT2D eigenvalue weighted by Crippen LogP contribution is -2.42. The molecule has 6 heteroatoms. The highest BCUT2D eigenvalue weighted by Crippen LogP contribution is 2.32. The van der Waals surface area contributed by atoms with Gasteiger partial charge >= 0.3 is 0 Å². The highest BCUT2D eigenvalue weighted by Gasteiger charge is 2.27. The van der Waals surface area contributed by atoms with Gasteiger partial charge in [0.2, 0.25) is 5.91 Å². The summed E-state index contributed by atoms with van der Waals surface area (Å²) in [5.74, 6) is 0.137. The van der Waals surface area contributed by atoms with Crippen molar-refractivity contribution in [1.82, 2.24) is 5.32 Å². The molecule has 0 bridgehead atoms. The molecule has 1 atom stereocenters. The van der Waals surface area contributed by atoms with Gasteiger partial charge in [-0.25, -0.2) is 0 Å². The standard InChI is InChI=1S/C15H21N3OS2/c1-17-15(19)10-5-4-8-18(9-10)11-6-3-7-12(21-2)13(11)14(16)20/h3,6-7,10H,4-5,8-9H2,1-2H3,(H2,16,20)(H,17,19). The SMILES string of the molecule is CNC(=O)C1CCCN(c2cccc(SC)c2C(N)=S)C1. The molecule has 1 aromatic carbocycles. The van der Waals surface area contributed by atoms with Gasteiger partial charge in [0.25, 0.3) is 0 Å². The smallest absolute Gasteiger partial charge is 0.224 e. The van der Waals surface area contributed by atoms with Crippen molar-refractivity contribution in [2.75, 3.05) is 31.3 Å². The van der Waals surface area contributed by atoms with E-state index in [9.17, 15) is 4.79 Å². The molecule has 0 saturated carbocycles. The van der Waals surface area contributed by atoms with Gasteiger partial charge < -0.3 is 16.0 Å². The van der Waals surface area contributed by atoms with Gasteiger partial charge in [0, 0.05) is 36.3 Å². The highest BCUT2D eigenvalue weighted by atomic mass is 32.2. The van der Waals surface area contributed by atoms with E-state index in [-0.39, 0.29) is 11.8 Å². The Morgan fingerprint density at radius 3 is 2.90 bits per heavy atom. The third-order valence-corrected chi connectivity index (χ3v) is 4.83. The van der Waals surface area contributed by atoms with E-state index >= 15 is 0 Å². The van der Waals surface area contributed by atoms with Crippen molar-refractivity contribution in [3.05, 3.63) is 23.8 Å². The molecule has 114 valence electrons. The van der Waals surface area contributed by atoms with Crippen molar-refractivity contribution in [1.29, 1.82) is 0 Å². The van der Waals surface area contributed by atoms with Gasteiger partial charge in [0.1, 0.15) is 4.99 Å². The Kier molecular flexibility index (Phi) is 5.47. The molecule has 1 aromatic rings. The zero-order valence-electron chi connectivity index (χ0n) is 12.4. The third-order valence-electron chi connectivity index (χ3n) is 3.85. The number of anilines is 1. The Hall–Kier alpha value is -1.27. The Labute approximate surface area is 135 Å². The fourth-order valence-corrected chi connectivity index (χ4v) is 3.73. The molecule has 1 saturated heterocycles. The Morgan fingerprint density at radius 1 is 1.52 bits per heavy atom. The number of carbonyl (C=O) groups excluding carboxylic acids is 1.